The third-order valence-electron chi connectivity index (χ3n) is 5.17. The van der Waals surface area contributed by atoms with Crippen LogP contribution in [-0.4, -0.2) is 16.5 Å². The molecule has 4 nitrogen and oxygen atoms in total. The summed E-state index contributed by atoms with van der Waals surface area (Å²) in [6.45, 7) is 4.56. The second-order valence-corrected chi connectivity index (χ2v) is 7.89. The molecule has 1 aromatic heterocycles. The molecule has 1 unspecified atom stereocenters. The molecule has 1 aliphatic heterocycles. The van der Waals surface area contributed by atoms with Crippen LogP contribution in [0.1, 0.15) is 52.6 Å². The molecule has 0 amide bonds. The summed E-state index contributed by atoms with van der Waals surface area (Å²) < 4.78 is 8.05. The molecule has 1 atom stereocenters. The second-order valence-electron chi connectivity index (χ2n) is 7.89. The third kappa shape index (κ3) is 3.56. The molecule has 4 heteroatoms. The first-order valence-corrected chi connectivity index (χ1v) is 9.46. The molecule has 28 heavy (non-hydrogen) atoms. The number of benzene rings is 2. The number of aromatic nitrogens is 1. The number of carbonyl (C=O) groups is 1. The Morgan fingerprint density at radius 2 is 1.86 bits per heavy atom. The standard InChI is InChI=1S/C24H23NO3/c1-24(2)14-19-11-10-18(16-26)13-21(19)22(28-24)20-9-6-12-25(23(20)27)15-17-7-4-3-5-8-17/h3-13,16,22H,14-15H2,1-2H3. The molecule has 0 bridgehead atoms. The first-order chi connectivity index (χ1) is 13.5. The van der Waals surface area contributed by atoms with Gasteiger partial charge in [0, 0.05) is 18.2 Å². The Labute approximate surface area is 164 Å². The van der Waals surface area contributed by atoms with Crippen LogP contribution in [0.5, 0.6) is 0 Å². The molecule has 0 fully saturated rings. The summed E-state index contributed by atoms with van der Waals surface area (Å²) in [6.07, 6.45) is 2.88. The highest BCUT2D eigenvalue weighted by atomic mass is 16.5. The van der Waals surface area contributed by atoms with Crippen molar-refractivity contribution in [3.8, 4) is 0 Å². The van der Waals surface area contributed by atoms with Gasteiger partial charge in [-0.05, 0) is 48.7 Å². The number of ether oxygens (including phenoxy) is 1. The highest BCUT2D eigenvalue weighted by Gasteiger charge is 2.35. The Morgan fingerprint density at radius 3 is 2.61 bits per heavy atom. The van der Waals surface area contributed by atoms with Gasteiger partial charge in [-0.1, -0.05) is 42.5 Å². The van der Waals surface area contributed by atoms with Gasteiger partial charge in [-0.3, -0.25) is 9.59 Å². The van der Waals surface area contributed by atoms with E-state index in [1.165, 1.54) is 0 Å². The van der Waals surface area contributed by atoms with E-state index in [4.69, 9.17) is 4.74 Å². The van der Waals surface area contributed by atoms with Crippen LogP contribution in [0.4, 0.5) is 0 Å². The summed E-state index contributed by atoms with van der Waals surface area (Å²) in [4.78, 5) is 24.5. The van der Waals surface area contributed by atoms with Gasteiger partial charge in [-0.15, -0.1) is 0 Å². The zero-order valence-electron chi connectivity index (χ0n) is 16.1. The van der Waals surface area contributed by atoms with Crippen LogP contribution in [0.3, 0.4) is 0 Å². The summed E-state index contributed by atoms with van der Waals surface area (Å²) in [5.74, 6) is 0. The fourth-order valence-corrected chi connectivity index (χ4v) is 3.87. The summed E-state index contributed by atoms with van der Waals surface area (Å²) in [7, 11) is 0. The molecule has 2 heterocycles. The average molecular weight is 373 g/mol. The van der Waals surface area contributed by atoms with Crippen molar-refractivity contribution in [2.75, 3.05) is 0 Å². The van der Waals surface area contributed by atoms with Crippen LogP contribution in [-0.2, 0) is 17.7 Å². The monoisotopic (exact) mass is 373 g/mol. The maximum Gasteiger partial charge on any atom is 0.257 e. The summed E-state index contributed by atoms with van der Waals surface area (Å²) in [5.41, 5.74) is 3.80. The predicted molar refractivity (Wildman–Crippen MR) is 109 cm³/mol. The predicted octanol–water partition coefficient (Wildman–Crippen LogP) is 4.15. The molecular weight excluding hydrogens is 350 g/mol. The molecule has 142 valence electrons. The number of fused-ring (bicyclic) bond motifs is 1. The maximum absolute atomic E-state index is 13.3. The molecule has 0 spiro atoms. The molecule has 0 aliphatic carbocycles. The minimum absolute atomic E-state index is 0.0727. The van der Waals surface area contributed by atoms with E-state index in [2.05, 4.69) is 0 Å². The number of pyridine rings is 1. The van der Waals surface area contributed by atoms with Crippen LogP contribution in [0.2, 0.25) is 0 Å². The zero-order valence-corrected chi connectivity index (χ0v) is 16.1. The first-order valence-electron chi connectivity index (χ1n) is 9.46. The number of hydrogen-bond donors (Lipinski definition) is 0. The van der Waals surface area contributed by atoms with Crippen molar-refractivity contribution in [3.05, 3.63) is 105 Å². The van der Waals surface area contributed by atoms with Gasteiger partial charge >= 0.3 is 0 Å². The van der Waals surface area contributed by atoms with Gasteiger partial charge in [-0.2, -0.15) is 0 Å². The number of nitrogens with zero attached hydrogens (tertiary/aromatic N) is 1. The molecule has 0 saturated heterocycles. The van der Waals surface area contributed by atoms with Crippen molar-refractivity contribution in [2.45, 2.75) is 38.5 Å². The number of hydrogen-bond acceptors (Lipinski definition) is 3. The minimum atomic E-state index is -0.491. The van der Waals surface area contributed by atoms with Crippen molar-refractivity contribution in [2.24, 2.45) is 0 Å². The Morgan fingerprint density at radius 1 is 1.07 bits per heavy atom. The van der Waals surface area contributed by atoms with Crippen molar-refractivity contribution in [1.29, 1.82) is 0 Å². The van der Waals surface area contributed by atoms with E-state index in [0.717, 1.165) is 29.4 Å². The fraction of sp³-hybridized carbons (Fsp3) is 0.250. The van der Waals surface area contributed by atoms with E-state index in [0.29, 0.717) is 17.7 Å². The molecule has 4 rings (SSSR count). The first kappa shape index (κ1) is 18.4. The number of carbonyl (C=O) groups excluding carboxylic acids is 1. The number of rotatable bonds is 4. The van der Waals surface area contributed by atoms with Crippen LogP contribution < -0.4 is 5.56 Å². The Bertz CT molecular complexity index is 1070. The lowest BCUT2D eigenvalue weighted by atomic mass is 9.85. The van der Waals surface area contributed by atoms with E-state index < -0.39 is 11.7 Å². The molecule has 0 radical (unpaired) electrons. The molecule has 2 aromatic carbocycles. The van der Waals surface area contributed by atoms with E-state index >= 15 is 0 Å². The van der Waals surface area contributed by atoms with Crippen LogP contribution in [0.15, 0.2) is 71.7 Å². The quantitative estimate of drug-likeness (QED) is 0.646. The van der Waals surface area contributed by atoms with Gasteiger partial charge < -0.3 is 9.30 Å². The fourth-order valence-electron chi connectivity index (χ4n) is 3.87. The van der Waals surface area contributed by atoms with E-state index in [1.807, 2.05) is 74.5 Å². The normalized spacial score (nSPS) is 17.7. The lowest BCUT2D eigenvalue weighted by Crippen LogP contribution is -2.37. The summed E-state index contributed by atoms with van der Waals surface area (Å²) in [5, 5.41) is 0. The topological polar surface area (TPSA) is 48.3 Å². The van der Waals surface area contributed by atoms with Crippen LogP contribution in [0.25, 0.3) is 0 Å². The van der Waals surface area contributed by atoms with Gasteiger partial charge in [0.2, 0.25) is 0 Å². The van der Waals surface area contributed by atoms with Crippen molar-refractivity contribution >= 4 is 6.29 Å². The maximum atomic E-state index is 13.3. The van der Waals surface area contributed by atoms with Crippen molar-refractivity contribution in [1.82, 2.24) is 4.57 Å². The smallest absolute Gasteiger partial charge is 0.257 e. The van der Waals surface area contributed by atoms with Crippen LogP contribution in [0, 0.1) is 0 Å². The summed E-state index contributed by atoms with van der Waals surface area (Å²) in [6, 6.07) is 19.3. The minimum Gasteiger partial charge on any atom is -0.362 e. The molecule has 0 N–H and O–H groups in total. The number of aldehydes is 1. The Kier molecular flexibility index (Phi) is 4.73. The largest absolute Gasteiger partial charge is 0.362 e. The van der Waals surface area contributed by atoms with Gasteiger partial charge in [0.1, 0.15) is 12.4 Å². The zero-order chi connectivity index (χ0) is 19.7. The van der Waals surface area contributed by atoms with Gasteiger partial charge in [0.15, 0.2) is 0 Å². The third-order valence-corrected chi connectivity index (χ3v) is 5.17. The van der Waals surface area contributed by atoms with E-state index in [-0.39, 0.29) is 5.56 Å². The van der Waals surface area contributed by atoms with Gasteiger partial charge in [-0.25, -0.2) is 0 Å². The van der Waals surface area contributed by atoms with Crippen molar-refractivity contribution in [3.63, 3.8) is 0 Å². The highest BCUT2D eigenvalue weighted by Crippen LogP contribution is 2.38. The average Bonchev–Trinajstić information content (AvgIpc) is 2.69. The molecule has 1 aliphatic rings. The Hall–Kier alpha value is -2.98. The van der Waals surface area contributed by atoms with Gasteiger partial charge in [0.25, 0.3) is 5.56 Å². The molecule has 3 aromatic rings. The summed E-state index contributed by atoms with van der Waals surface area (Å²) >= 11 is 0. The van der Waals surface area contributed by atoms with E-state index in [1.54, 1.807) is 10.8 Å². The lowest BCUT2D eigenvalue weighted by Gasteiger charge is -2.38. The van der Waals surface area contributed by atoms with Crippen molar-refractivity contribution < 1.29 is 9.53 Å². The van der Waals surface area contributed by atoms with Crippen LogP contribution >= 0.6 is 0 Å². The second kappa shape index (κ2) is 7.21. The lowest BCUT2D eigenvalue weighted by molar-refractivity contribution is -0.0675. The SMILES string of the molecule is CC1(C)Cc2ccc(C=O)cc2C(c2cccn(Cc3ccccc3)c2=O)O1. The highest BCUT2D eigenvalue weighted by molar-refractivity contribution is 5.75. The molecule has 0 saturated carbocycles. The molecular formula is C24H23NO3. The van der Waals surface area contributed by atoms with Gasteiger partial charge in [0.05, 0.1) is 17.7 Å². The Balaban J connectivity index is 1.80. The van der Waals surface area contributed by atoms with E-state index in [9.17, 15) is 9.59 Å².